The molecule has 1 heterocycles. The molecule has 0 aromatic carbocycles. The number of esters is 1. The first-order valence-corrected chi connectivity index (χ1v) is 6.14. The Balaban J connectivity index is 2.45. The molecule has 0 spiro atoms. The van der Waals surface area contributed by atoms with Crippen LogP contribution >= 0.6 is 0 Å². The molecule has 1 saturated heterocycles. The number of hydrogen-bond donors (Lipinski definition) is 1. The first-order valence-electron chi connectivity index (χ1n) is 6.14. The molecular formula is C12H23NO3. The minimum Gasteiger partial charge on any atom is -0.468 e. The molecule has 0 amide bonds. The molecule has 94 valence electrons. The van der Waals surface area contributed by atoms with Gasteiger partial charge in [-0.3, -0.25) is 10.1 Å². The molecule has 0 aromatic heterocycles. The summed E-state index contributed by atoms with van der Waals surface area (Å²) < 4.78 is 10.3. The van der Waals surface area contributed by atoms with Gasteiger partial charge in [0.05, 0.1) is 13.2 Å². The zero-order valence-corrected chi connectivity index (χ0v) is 10.5. The number of rotatable bonds is 6. The molecule has 0 saturated carbocycles. The van der Waals surface area contributed by atoms with Gasteiger partial charge in [0, 0.05) is 12.6 Å². The van der Waals surface area contributed by atoms with Crippen LogP contribution in [0.25, 0.3) is 0 Å². The van der Waals surface area contributed by atoms with Crippen LogP contribution in [0, 0.1) is 0 Å². The van der Waals surface area contributed by atoms with Crippen molar-refractivity contribution in [1.29, 1.82) is 0 Å². The Hall–Kier alpha value is -0.610. The van der Waals surface area contributed by atoms with Gasteiger partial charge in [-0.2, -0.15) is 0 Å². The van der Waals surface area contributed by atoms with Crippen LogP contribution in [0.2, 0.25) is 0 Å². The zero-order chi connectivity index (χ0) is 12.0. The van der Waals surface area contributed by atoms with Gasteiger partial charge in [-0.05, 0) is 19.8 Å². The quantitative estimate of drug-likeness (QED) is 0.701. The standard InChI is InChI=1S/C12H23NO3/c1-4-5-6-11(12(14)15-3)13-10-7-8-16-9(10)2/h9-11,13H,4-8H2,1-3H3. The van der Waals surface area contributed by atoms with E-state index in [0.717, 1.165) is 32.3 Å². The second kappa shape index (κ2) is 6.86. The predicted molar refractivity (Wildman–Crippen MR) is 62.3 cm³/mol. The van der Waals surface area contributed by atoms with Crippen LogP contribution in [0.5, 0.6) is 0 Å². The molecule has 1 fully saturated rings. The highest BCUT2D eigenvalue weighted by Gasteiger charge is 2.29. The van der Waals surface area contributed by atoms with Gasteiger partial charge >= 0.3 is 5.97 Å². The average molecular weight is 229 g/mol. The summed E-state index contributed by atoms with van der Waals surface area (Å²) in [6.45, 7) is 4.94. The summed E-state index contributed by atoms with van der Waals surface area (Å²) in [5.74, 6) is -0.160. The van der Waals surface area contributed by atoms with Gasteiger partial charge in [0.2, 0.25) is 0 Å². The number of nitrogens with one attached hydrogen (secondary N) is 1. The third kappa shape index (κ3) is 3.76. The average Bonchev–Trinajstić information content (AvgIpc) is 2.69. The Labute approximate surface area is 97.7 Å². The first kappa shape index (κ1) is 13.5. The van der Waals surface area contributed by atoms with E-state index in [0.29, 0.717) is 0 Å². The third-order valence-corrected chi connectivity index (χ3v) is 3.12. The van der Waals surface area contributed by atoms with Gasteiger partial charge in [-0.15, -0.1) is 0 Å². The van der Waals surface area contributed by atoms with E-state index in [-0.39, 0.29) is 24.2 Å². The topological polar surface area (TPSA) is 47.6 Å². The Bertz CT molecular complexity index is 220. The largest absolute Gasteiger partial charge is 0.468 e. The number of hydrogen-bond acceptors (Lipinski definition) is 4. The summed E-state index contributed by atoms with van der Waals surface area (Å²) in [6, 6.07) is 0.0973. The first-order chi connectivity index (χ1) is 7.69. The van der Waals surface area contributed by atoms with Crippen molar-refractivity contribution in [2.75, 3.05) is 13.7 Å². The molecule has 1 rings (SSSR count). The maximum absolute atomic E-state index is 11.6. The Morgan fingerprint density at radius 2 is 2.38 bits per heavy atom. The fourth-order valence-corrected chi connectivity index (χ4v) is 2.03. The van der Waals surface area contributed by atoms with Crippen LogP contribution in [0.3, 0.4) is 0 Å². The van der Waals surface area contributed by atoms with Gasteiger partial charge < -0.3 is 9.47 Å². The molecular weight excluding hydrogens is 206 g/mol. The van der Waals surface area contributed by atoms with Crippen molar-refractivity contribution in [1.82, 2.24) is 5.32 Å². The van der Waals surface area contributed by atoms with E-state index >= 15 is 0 Å². The Morgan fingerprint density at radius 1 is 1.62 bits per heavy atom. The smallest absolute Gasteiger partial charge is 0.322 e. The van der Waals surface area contributed by atoms with E-state index in [2.05, 4.69) is 12.2 Å². The van der Waals surface area contributed by atoms with Crippen molar-refractivity contribution in [3.63, 3.8) is 0 Å². The van der Waals surface area contributed by atoms with Crippen molar-refractivity contribution in [3.05, 3.63) is 0 Å². The molecule has 1 N–H and O–H groups in total. The summed E-state index contributed by atoms with van der Waals surface area (Å²) in [5, 5.41) is 3.35. The number of methoxy groups -OCH3 is 1. The van der Waals surface area contributed by atoms with Gasteiger partial charge in [0.15, 0.2) is 0 Å². The van der Waals surface area contributed by atoms with Gasteiger partial charge in [-0.25, -0.2) is 0 Å². The summed E-state index contributed by atoms with van der Waals surface area (Å²) >= 11 is 0. The molecule has 0 bridgehead atoms. The highest BCUT2D eigenvalue weighted by atomic mass is 16.5. The molecule has 1 aliphatic heterocycles. The number of carbonyl (C=O) groups excluding carboxylic acids is 1. The highest BCUT2D eigenvalue weighted by molar-refractivity contribution is 5.75. The van der Waals surface area contributed by atoms with E-state index in [9.17, 15) is 4.79 Å². The lowest BCUT2D eigenvalue weighted by molar-refractivity contribution is -0.143. The molecule has 0 aromatic rings. The van der Waals surface area contributed by atoms with Crippen molar-refractivity contribution in [2.45, 2.75) is 57.7 Å². The van der Waals surface area contributed by atoms with E-state index in [1.54, 1.807) is 0 Å². The molecule has 16 heavy (non-hydrogen) atoms. The second-order valence-electron chi connectivity index (χ2n) is 4.36. The van der Waals surface area contributed by atoms with E-state index in [1.807, 2.05) is 6.92 Å². The van der Waals surface area contributed by atoms with Gasteiger partial charge in [0.1, 0.15) is 6.04 Å². The van der Waals surface area contributed by atoms with Crippen molar-refractivity contribution in [3.8, 4) is 0 Å². The van der Waals surface area contributed by atoms with Gasteiger partial charge in [0.25, 0.3) is 0 Å². The molecule has 4 nitrogen and oxygen atoms in total. The van der Waals surface area contributed by atoms with Crippen LogP contribution in [0.15, 0.2) is 0 Å². The maximum Gasteiger partial charge on any atom is 0.322 e. The Morgan fingerprint density at radius 3 is 2.88 bits per heavy atom. The SMILES string of the molecule is CCCCC(NC1CCOC1C)C(=O)OC. The number of ether oxygens (including phenoxy) is 2. The zero-order valence-electron chi connectivity index (χ0n) is 10.5. The summed E-state index contributed by atoms with van der Waals surface area (Å²) in [4.78, 5) is 11.6. The molecule has 0 aliphatic carbocycles. The normalized spacial score (nSPS) is 26.7. The lowest BCUT2D eigenvalue weighted by atomic mass is 10.1. The van der Waals surface area contributed by atoms with Crippen molar-refractivity contribution >= 4 is 5.97 Å². The Kier molecular flexibility index (Phi) is 5.77. The van der Waals surface area contributed by atoms with E-state index < -0.39 is 0 Å². The minimum absolute atomic E-state index is 0.160. The fourth-order valence-electron chi connectivity index (χ4n) is 2.03. The van der Waals surface area contributed by atoms with E-state index in [4.69, 9.17) is 9.47 Å². The number of carbonyl (C=O) groups is 1. The van der Waals surface area contributed by atoms with E-state index in [1.165, 1.54) is 7.11 Å². The second-order valence-corrected chi connectivity index (χ2v) is 4.36. The maximum atomic E-state index is 11.6. The molecule has 4 heteroatoms. The third-order valence-electron chi connectivity index (χ3n) is 3.12. The monoisotopic (exact) mass is 229 g/mol. The van der Waals surface area contributed by atoms with Crippen LogP contribution in [-0.4, -0.2) is 37.9 Å². The van der Waals surface area contributed by atoms with Crippen molar-refractivity contribution < 1.29 is 14.3 Å². The summed E-state index contributed by atoms with van der Waals surface area (Å²) in [6.07, 6.45) is 4.13. The molecule has 3 unspecified atom stereocenters. The molecule has 0 radical (unpaired) electrons. The van der Waals surface area contributed by atoms with Crippen molar-refractivity contribution in [2.24, 2.45) is 0 Å². The molecule has 3 atom stereocenters. The predicted octanol–water partition coefficient (Wildman–Crippen LogP) is 1.49. The van der Waals surface area contributed by atoms with Crippen LogP contribution in [0.4, 0.5) is 0 Å². The lowest BCUT2D eigenvalue weighted by Gasteiger charge is -2.22. The van der Waals surface area contributed by atoms with Crippen LogP contribution in [-0.2, 0) is 14.3 Å². The minimum atomic E-state index is -0.181. The summed E-state index contributed by atoms with van der Waals surface area (Å²) in [7, 11) is 1.44. The van der Waals surface area contributed by atoms with Gasteiger partial charge in [-0.1, -0.05) is 19.8 Å². The number of unbranched alkanes of at least 4 members (excludes halogenated alkanes) is 1. The highest BCUT2D eigenvalue weighted by Crippen LogP contribution is 2.15. The fraction of sp³-hybridized carbons (Fsp3) is 0.917. The summed E-state index contributed by atoms with van der Waals surface area (Å²) in [5.41, 5.74) is 0. The van der Waals surface area contributed by atoms with Crippen LogP contribution < -0.4 is 5.32 Å². The van der Waals surface area contributed by atoms with Crippen LogP contribution in [0.1, 0.15) is 39.5 Å². The molecule has 1 aliphatic rings. The lowest BCUT2D eigenvalue weighted by Crippen LogP contribution is -2.46.